The standard InChI is InChI=1S/C23H27N3O6S/c1-26(2)22(29)16-8-10-17(11-9-16)25-20(27)14-32-23(30)18-6-4-5-7-19(18)33-15-21(28)24-12-13-31-3/h4-11H,12-15H2,1-3H3,(H,24,28)(H,25,27). The van der Waals surface area contributed by atoms with Crippen LogP contribution in [0.1, 0.15) is 20.7 Å². The van der Waals surface area contributed by atoms with Crippen molar-refractivity contribution in [2.45, 2.75) is 4.90 Å². The summed E-state index contributed by atoms with van der Waals surface area (Å²) in [5, 5.41) is 5.32. The van der Waals surface area contributed by atoms with Crippen molar-refractivity contribution in [2.75, 3.05) is 52.0 Å². The molecule has 2 rings (SSSR count). The Morgan fingerprint density at radius 3 is 2.33 bits per heavy atom. The molecule has 0 aliphatic rings. The van der Waals surface area contributed by atoms with Crippen LogP contribution in [0.3, 0.4) is 0 Å². The number of anilines is 1. The van der Waals surface area contributed by atoms with Crippen LogP contribution in [0, 0.1) is 0 Å². The molecule has 2 aromatic rings. The zero-order valence-electron chi connectivity index (χ0n) is 18.8. The van der Waals surface area contributed by atoms with Crippen LogP contribution in [-0.4, -0.2) is 75.3 Å². The molecule has 0 fully saturated rings. The summed E-state index contributed by atoms with van der Waals surface area (Å²) in [6.45, 7) is 0.344. The Labute approximate surface area is 196 Å². The van der Waals surface area contributed by atoms with Crippen LogP contribution < -0.4 is 10.6 Å². The van der Waals surface area contributed by atoms with Gasteiger partial charge in [0, 0.05) is 43.9 Å². The zero-order chi connectivity index (χ0) is 24.2. The second-order valence-corrected chi connectivity index (χ2v) is 8.05. The highest BCUT2D eigenvalue weighted by Crippen LogP contribution is 2.23. The van der Waals surface area contributed by atoms with E-state index in [-0.39, 0.29) is 23.1 Å². The number of rotatable bonds is 11. The first-order chi connectivity index (χ1) is 15.8. The summed E-state index contributed by atoms with van der Waals surface area (Å²) in [6.07, 6.45) is 0. The zero-order valence-corrected chi connectivity index (χ0v) is 19.6. The second kappa shape index (κ2) is 13.2. The van der Waals surface area contributed by atoms with Gasteiger partial charge in [-0.15, -0.1) is 11.8 Å². The van der Waals surface area contributed by atoms with Gasteiger partial charge < -0.3 is 25.0 Å². The molecule has 0 aliphatic heterocycles. The van der Waals surface area contributed by atoms with Crippen LogP contribution in [0.2, 0.25) is 0 Å². The molecule has 0 aromatic heterocycles. The van der Waals surface area contributed by atoms with Crippen LogP contribution in [-0.2, 0) is 19.1 Å². The van der Waals surface area contributed by atoms with E-state index in [9.17, 15) is 19.2 Å². The number of nitrogens with zero attached hydrogens (tertiary/aromatic N) is 1. The van der Waals surface area contributed by atoms with Crippen molar-refractivity contribution in [3.8, 4) is 0 Å². The molecule has 0 saturated carbocycles. The van der Waals surface area contributed by atoms with Crippen LogP contribution in [0.4, 0.5) is 5.69 Å². The molecule has 176 valence electrons. The fourth-order valence-corrected chi connectivity index (χ4v) is 3.48. The Hall–Kier alpha value is -3.37. The average molecular weight is 474 g/mol. The minimum absolute atomic E-state index is 0.126. The van der Waals surface area contributed by atoms with Gasteiger partial charge in [0.15, 0.2) is 6.61 Å². The Morgan fingerprint density at radius 1 is 0.970 bits per heavy atom. The number of nitrogens with one attached hydrogen (secondary N) is 2. The molecule has 0 spiro atoms. The predicted octanol–water partition coefficient (Wildman–Crippen LogP) is 2.04. The molecule has 9 nitrogen and oxygen atoms in total. The van der Waals surface area contributed by atoms with Gasteiger partial charge in [0.05, 0.1) is 17.9 Å². The van der Waals surface area contributed by atoms with Crippen LogP contribution in [0.25, 0.3) is 0 Å². The van der Waals surface area contributed by atoms with Crippen molar-refractivity contribution >= 4 is 41.1 Å². The number of carbonyl (C=O) groups is 4. The summed E-state index contributed by atoms with van der Waals surface area (Å²) in [6, 6.07) is 13.1. The number of amides is 3. The van der Waals surface area contributed by atoms with E-state index < -0.39 is 18.5 Å². The molecule has 33 heavy (non-hydrogen) atoms. The van der Waals surface area contributed by atoms with Gasteiger partial charge in [-0.05, 0) is 36.4 Å². The van der Waals surface area contributed by atoms with Crippen molar-refractivity contribution in [2.24, 2.45) is 0 Å². The quantitative estimate of drug-likeness (QED) is 0.292. The largest absolute Gasteiger partial charge is 0.452 e. The Kier molecular flexibility index (Phi) is 10.4. The van der Waals surface area contributed by atoms with E-state index in [4.69, 9.17) is 9.47 Å². The molecule has 0 saturated heterocycles. The van der Waals surface area contributed by atoms with Gasteiger partial charge in [0.25, 0.3) is 11.8 Å². The SMILES string of the molecule is COCCNC(=O)CSc1ccccc1C(=O)OCC(=O)Nc1ccc(C(=O)N(C)C)cc1. The number of hydrogen-bond acceptors (Lipinski definition) is 7. The van der Waals surface area contributed by atoms with E-state index in [2.05, 4.69) is 10.6 Å². The van der Waals surface area contributed by atoms with Crippen LogP contribution in [0.5, 0.6) is 0 Å². The highest BCUT2D eigenvalue weighted by Gasteiger charge is 2.16. The van der Waals surface area contributed by atoms with Gasteiger partial charge in [-0.1, -0.05) is 12.1 Å². The average Bonchev–Trinajstić information content (AvgIpc) is 2.81. The van der Waals surface area contributed by atoms with Crippen molar-refractivity contribution in [1.29, 1.82) is 0 Å². The van der Waals surface area contributed by atoms with E-state index in [1.807, 2.05) is 0 Å². The summed E-state index contributed by atoms with van der Waals surface area (Å²) < 4.78 is 10.0. The van der Waals surface area contributed by atoms with Gasteiger partial charge in [0.2, 0.25) is 5.91 Å². The van der Waals surface area contributed by atoms with Crippen molar-refractivity contribution < 1.29 is 28.7 Å². The van der Waals surface area contributed by atoms with Gasteiger partial charge in [0.1, 0.15) is 0 Å². The maximum atomic E-state index is 12.5. The highest BCUT2D eigenvalue weighted by atomic mass is 32.2. The Bertz CT molecular complexity index is 978. The summed E-state index contributed by atoms with van der Waals surface area (Å²) >= 11 is 1.20. The lowest BCUT2D eigenvalue weighted by Crippen LogP contribution is -2.28. The van der Waals surface area contributed by atoms with E-state index in [0.29, 0.717) is 29.3 Å². The third-order valence-corrected chi connectivity index (χ3v) is 5.32. The van der Waals surface area contributed by atoms with Gasteiger partial charge in [-0.3, -0.25) is 14.4 Å². The second-order valence-electron chi connectivity index (χ2n) is 7.03. The predicted molar refractivity (Wildman–Crippen MR) is 125 cm³/mol. The number of esters is 1. The normalized spacial score (nSPS) is 10.3. The fourth-order valence-electron chi connectivity index (χ4n) is 2.61. The third-order valence-electron chi connectivity index (χ3n) is 4.25. The molecule has 0 heterocycles. The van der Waals surface area contributed by atoms with Crippen molar-refractivity contribution in [3.05, 3.63) is 59.7 Å². The summed E-state index contributed by atoms with van der Waals surface area (Å²) in [5.74, 6) is -1.39. The van der Waals surface area contributed by atoms with Gasteiger partial charge in [-0.2, -0.15) is 0 Å². The molecule has 2 aromatic carbocycles. The van der Waals surface area contributed by atoms with Crippen molar-refractivity contribution in [3.63, 3.8) is 0 Å². The third kappa shape index (κ3) is 8.59. The molecular formula is C23H27N3O6S. The molecule has 0 unspecified atom stereocenters. The molecule has 2 N–H and O–H groups in total. The summed E-state index contributed by atoms with van der Waals surface area (Å²) in [7, 11) is 4.86. The molecule has 0 atom stereocenters. The van der Waals surface area contributed by atoms with E-state index in [1.165, 1.54) is 16.7 Å². The number of benzene rings is 2. The molecule has 0 radical (unpaired) electrons. The van der Waals surface area contributed by atoms with E-state index in [0.717, 1.165) is 0 Å². The number of thioether (sulfide) groups is 1. The first-order valence-electron chi connectivity index (χ1n) is 10.1. The summed E-state index contributed by atoms with van der Waals surface area (Å²) in [4.78, 5) is 50.5. The van der Waals surface area contributed by atoms with Gasteiger partial charge in [-0.25, -0.2) is 4.79 Å². The lowest BCUT2D eigenvalue weighted by molar-refractivity contribution is -0.119. The van der Waals surface area contributed by atoms with Crippen LogP contribution in [0.15, 0.2) is 53.4 Å². The number of carbonyl (C=O) groups excluding carboxylic acids is 4. The Morgan fingerprint density at radius 2 is 1.67 bits per heavy atom. The monoisotopic (exact) mass is 473 g/mol. The van der Waals surface area contributed by atoms with Gasteiger partial charge >= 0.3 is 5.97 Å². The molecule has 0 bridgehead atoms. The Balaban J connectivity index is 1.87. The highest BCUT2D eigenvalue weighted by molar-refractivity contribution is 8.00. The molecular weight excluding hydrogens is 446 g/mol. The summed E-state index contributed by atoms with van der Waals surface area (Å²) in [5.41, 5.74) is 1.24. The number of methoxy groups -OCH3 is 1. The first-order valence-corrected chi connectivity index (χ1v) is 11.1. The lowest BCUT2D eigenvalue weighted by atomic mass is 10.2. The van der Waals surface area contributed by atoms with E-state index >= 15 is 0 Å². The van der Waals surface area contributed by atoms with Crippen LogP contribution >= 0.6 is 11.8 Å². The first kappa shape index (κ1) is 25.9. The number of ether oxygens (including phenoxy) is 2. The molecule has 3 amide bonds. The topological polar surface area (TPSA) is 114 Å². The minimum atomic E-state index is -0.667. The maximum Gasteiger partial charge on any atom is 0.339 e. The van der Waals surface area contributed by atoms with Crippen molar-refractivity contribution in [1.82, 2.24) is 10.2 Å². The number of hydrogen-bond donors (Lipinski definition) is 2. The fraction of sp³-hybridized carbons (Fsp3) is 0.304. The van der Waals surface area contributed by atoms with E-state index in [1.54, 1.807) is 69.7 Å². The maximum absolute atomic E-state index is 12.5. The molecule has 10 heteroatoms. The lowest BCUT2D eigenvalue weighted by Gasteiger charge is -2.11. The minimum Gasteiger partial charge on any atom is -0.452 e. The molecule has 0 aliphatic carbocycles. The smallest absolute Gasteiger partial charge is 0.339 e.